The third-order valence-corrected chi connectivity index (χ3v) is 2.05. The maximum absolute atomic E-state index is 11.3. The Bertz CT molecular complexity index is 545. The van der Waals surface area contributed by atoms with Gasteiger partial charge in [0.25, 0.3) is 11.0 Å². The Labute approximate surface area is 89.8 Å². The Hall–Kier alpha value is -2.38. The quantitative estimate of drug-likeness (QED) is 0.475. The minimum atomic E-state index is -0.0721. The van der Waals surface area contributed by atoms with E-state index in [1.807, 2.05) is 0 Å². The highest BCUT2D eigenvalue weighted by Crippen LogP contribution is 2.31. The van der Waals surface area contributed by atoms with Crippen molar-refractivity contribution in [2.45, 2.75) is 0 Å². The molecule has 0 aliphatic heterocycles. The highest BCUT2D eigenvalue weighted by Gasteiger charge is 2.21. The van der Waals surface area contributed by atoms with Crippen LogP contribution in [0.25, 0.3) is 11.0 Å². The van der Waals surface area contributed by atoms with E-state index >= 15 is 0 Å². The minimum Gasteiger partial charge on any atom is -0.590 e. The molecule has 0 N–H and O–H groups in total. The molecule has 0 radical (unpaired) electrons. The van der Waals surface area contributed by atoms with E-state index in [0.717, 1.165) is 0 Å². The minimum absolute atomic E-state index is 0.0721. The van der Waals surface area contributed by atoms with Gasteiger partial charge >= 0.3 is 5.21 Å². The molecule has 0 saturated carbocycles. The van der Waals surface area contributed by atoms with Gasteiger partial charge < -0.3 is 19.9 Å². The molecule has 0 amide bonds. The maximum atomic E-state index is 11.3. The zero-order chi connectivity index (χ0) is 11.7. The van der Waals surface area contributed by atoms with Gasteiger partial charge in [0.05, 0.1) is 19.3 Å². The molecule has 0 atom stereocenters. The monoisotopic (exact) mass is 224 g/mol. The van der Waals surface area contributed by atoms with Crippen molar-refractivity contribution >= 4 is 11.0 Å². The van der Waals surface area contributed by atoms with E-state index < -0.39 is 0 Å². The summed E-state index contributed by atoms with van der Waals surface area (Å²) >= 11 is 0. The smallest absolute Gasteiger partial charge is 0.326 e. The molecule has 0 unspecified atom stereocenters. The zero-order valence-electron chi connectivity index (χ0n) is 8.58. The lowest BCUT2D eigenvalue weighted by Gasteiger charge is -2.06. The summed E-state index contributed by atoms with van der Waals surface area (Å²) in [6.07, 6.45) is 0. The molecule has 16 heavy (non-hydrogen) atoms. The van der Waals surface area contributed by atoms with E-state index in [2.05, 4.69) is 10.3 Å². The first-order valence-electron chi connectivity index (χ1n) is 4.30. The number of methoxy groups -OCH3 is 2. The van der Waals surface area contributed by atoms with Crippen LogP contribution in [0.15, 0.2) is 12.1 Å². The van der Waals surface area contributed by atoms with Gasteiger partial charge in [0.2, 0.25) is 0 Å². The fourth-order valence-corrected chi connectivity index (χ4v) is 1.37. The summed E-state index contributed by atoms with van der Waals surface area (Å²) in [6, 6.07) is 2.98. The molecule has 0 bridgehead atoms. The molecule has 0 spiro atoms. The van der Waals surface area contributed by atoms with E-state index in [1.165, 1.54) is 26.4 Å². The number of rotatable bonds is 2. The van der Waals surface area contributed by atoms with E-state index in [4.69, 9.17) is 9.47 Å². The lowest BCUT2D eigenvalue weighted by molar-refractivity contribution is -0.863. The van der Waals surface area contributed by atoms with Crippen molar-refractivity contribution in [2.75, 3.05) is 14.2 Å². The van der Waals surface area contributed by atoms with Crippen LogP contribution in [0.3, 0.4) is 0 Å². The number of fused-ring (bicyclic) bond motifs is 1. The predicted molar refractivity (Wildman–Crippen MR) is 50.6 cm³/mol. The Kier molecular flexibility index (Phi) is 2.31. The number of nitrogens with zero attached hydrogens (tertiary/aromatic N) is 4. The molecule has 0 aliphatic rings. The SMILES string of the molecule is COc1ccc2c(n[n+]([O-])n[n+]2[O-])c1OC. The Balaban J connectivity index is 2.86. The second-order valence-electron chi connectivity index (χ2n) is 2.88. The summed E-state index contributed by atoms with van der Waals surface area (Å²) in [4.78, 5) is 0.106. The molecule has 8 heteroatoms. The Morgan fingerprint density at radius 3 is 2.56 bits per heavy atom. The van der Waals surface area contributed by atoms with Crippen LogP contribution < -0.4 is 19.3 Å². The summed E-state index contributed by atoms with van der Waals surface area (Å²) in [5.74, 6) is 0.602. The number of hydrogen-bond acceptors (Lipinski definition) is 6. The normalized spacial score (nSPS) is 10.4. The second kappa shape index (κ2) is 3.65. The van der Waals surface area contributed by atoms with Crippen LogP contribution in [0.5, 0.6) is 11.5 Å². The number of hydrogen-bond donors (Lipinski definition) is 0. The summed E-state index contributed by atoms with van der Waals surface area (Å²) in [7, 11) is 2.84. The van der Waals surface area contributed by atoms with Gasteiger partial charge in [-0.25, -0.2) is 0 Å². The lowest BCUT2D eigenvalue weighted by atomic mass is 10.2. The molecular weight excluding hydrogens is 216 g/mol. The van der Waals surface area contributed by atoms with Crippen LogP contribution in [0.2, 0.25) is 0 Å². The Morgan fingerprint density at radius 1 is 1.19 bits per heavy atom. The van der Waals surface area contributed by atoms with Gasteiger partial charge in [0.15, 0.2) is 11.5 Å². The first-order valence-corrected chi connectivity index (χ1v) is 4.30. The molecular formula is C8H8N4O4. The van der Waals surface area contributed by atoms with Gasteiger partial charge in [0, 0.05) is 10.9 Å². The average Bonchev–Trinajstić information content (AvgIpc) is 2.27. The molecule has 0 fully saturated rings. The highest BCUT2D eigenvalue weighted by molar-refractivity contribution is 5.81. The molecule has 1 aromatic heterocycles. The molecule has 2 rings (SSSR count). The highest BCUT2D eigenvalue weighted by atomic mass is 16.6. The van der Waals surface area contributed by atoms with Crippen LogP contribution in [-0.4, -0.2) is 24.5 Å². The number of ether oxygens (including phenoxy) is 2. The number of aromatic nitrogens is 4. The van der Waals surface area contributed by atoms with E-state index in [-0.39, 0.29) is 26.6 Å². The van der Waals surface area contributed by atoms with Crippen LogP contribution in [0.1, 0.15) is 0 Å². The van der Waals surface area contributed by atoms with Crippen LogP contribution >= 0.6 is 0 Å². The van der Waals surface area contributed by atoms with E-state index in [0.29, 0.717) is 5.75 Å². The van der Waals surface area contributed by atoms with Crippen molar-refractivity contribution in [1.82, 2.24) is 10.3 Å². The van der Waals surface area contributed by atoms with Crippen molar-refractivity contribution < 1.29 is 19.3 Å². The second-order valence-corrected chi connectivity index (χ2v) is 2.88. The first-order chi connectivity index (χ1) is 7.67. The van der Waals surface area contributed by atoms with Gasteiger partial charge in [-0.05, 0) is 6.07 Å². The lowest BCUT2D eigenvalue weighted by Crippen LogP contribution is -2.50. The van der Waals surface area contributed by atoms with Gasteiger partial charge in [-0.3, -0.25) is 0 Å². The van der Waals surface area contributed by atoms with Gasteiger partial charge in [-0.1, -0.05) is 0 Å². The molecule has 2 aromatic rings. The molecule has 0 aliphatic carbocycles. The van der Waals surface area contributed by atoms with Gasteiger partial charge in [0.1, 0.15) is 4.96 Å². The van der Waals surface area contributed by atoms with Crippen LogP contribution in [0, 0.1) is 10.4 Å². The van der Waals surface area contributed by atoms with Crippen molar-refractivity contribution in [3.63, 3.8) is 0 Å². The van der Waals surface area contributed by atoms with Gasteiger partial charge in [-0.15, -0.1) is 0 Å². The molecule has 0 saturated heterocycles. The van der Waals surface area contributed by atoms with Crippen molar-refractivity contribution in [2.24, 2.45) is 0 Å². The topological polar surface area (TPSA) is 98.1 Å². The van der Waals surface area contributed by atoms with Crippen molar-refractivity contribution in [3.8, 4) is 11.5 Å². The standard InChI is InChI=1S/C8H8N4O4/c1-15-6-4-3-5-7(8(6)16-2)9-12(14)10-11(5)13/h3-4H,1-2H3. The van der Waals surface area contributed by atoms with Gasteiger partial charge in [-0.2, -0.15) is 0 Å². The van der Waals surface area contributed by atoms with Crippen molar-refractivity contribution in [3.05, 3.63) is 22.5 Å². The van der Waals surface area contributed by atoms with E-state index in [1.54, 1.807) is 0 Å². The zero-order valence-corrected chi connectivity index (χ0v) is 8.58. The maximum Gasteiger partial charge on any atom is 0.326 e. The van der Waals surface area contributed by atoms with Crippen molar-refractivity contribution in [1.29, 1.82) is 0 Å². The predicted octanol–water partition coefficient (Wildman–Crippen LogP) is -1.09. The van der Waals surface area contributed by atoms with Crippen LogP contribution in [-0.2, 0) is 0 Å². The van der Waals surface area contributed by atoms with E-state index in [9.17, 15) is 10.4 Å². The molecule has 84 valence electrons. The molecule has 1 heterocycles. The first kappa shape index (κ1) is 10.1. The number of benzene rings is 1. The summed E-state index contributed by atoms with van der Waals surface area (Å²) in [6.45, 7) is 0. The average molecular weight is 224 g/mol. The molecule has 8 nitrogen and oxygen atoms in total. The third kappa shape index (κ3) is 1.40. The summed E-state index contributed by atoms with van der Waals surface area (Å²) < 4.78 is 10.1. The van der Waals surface area contributed by atoms with Crippen LogP contribution in [0.4, 0.5) is 0 Å². The molecule has 1 aromatic carbocycles. The Morgan fingerprint density at radius 2 is 1.94 bits per heavy atom. The third-order valence-electron chi connectivity index (χ3n) is 2.05. The fourth-order valence-electron chi connectivity index (χ4n) is 1.37. The summed E-state index contributed by atoms with van der Waals surface area (Å²) in [5.41, 5.74) is 0.228. The fraction of sp³-hybridized carbons (Fsp3) is 0.250. The largest absolute Gasteiger partial charge is 0.590 e. The summed E-state index contributed by atoms with van der Waals surface area (Å²) in [5, 5.41) is 28.9.